The largest absolute Gasteiger partial charge is 0.485 e. The fraction of sp³-hybridized carbons (Fsp3) is 0.438. The van der Waals surface area contributed by atoms with Gasteiger partial charge in [-0.3, -0.25) is 4.79 Å². The van der Waals surface area contributed by atoms with E-state index in [1.165, 1.54) is 22.0 Å². The van der Waals surface area contributed by atoms with Gasteiger partial charge in [-0.05, 0) is 31.9 Å². The quantitative estimate of drug-likeness (QED) is 0.557. The minimum atomic E-state index is -0.0436. The summed E-state index contributed by atoms with van der Waals surface area (Å²) >= 11 is 1.25. The molecular formula is C16H23N5O2S. The van der Waals surface area contributed by atoms with E-state index in [1.54, 1.807) is 0 Å². The number of hydrogen-bond acceptors (Lipinski definition) is 6. The molecule has 130 valence electrons. The molecule has 1 amide bonds. The standard InChI is InChI=1S/C16H23N5O2S/c1-4-7-18-15(22)10-24-16-20-19-14(21(16)17)9-23-13-6-5-11(2)8-12(13)3/h5-6,8H,4,7,9-10,17H2,1-3H3,(H,18,22). The maximum atomic E-state index is 11.6. The zero-order valence-electron chi connectivity index (χ0n) is 14.2. The minimum absolute atomic E-state index is 0.0436. The number of thioether (sulfide) groups is 1. The molecule has 0 saturated heterocycles. The predicted molar refractivity (Wildman–Crippen MR) is 94.4 cm³/mol. The molecule has 2 aromatic rings. The lowest BCUT2D eigenvalue weighted by Gasteiger charge is -2.09. The molecule has 1 heterocycles. The minimum Gasteiger partial charge on any atom is -0.485 e. The molecule has 24 heavy (non-hydrogen) atoms. The summed E-state index contributed by atoms with van der Waals surface area (Å²) in [6.45, 7) is 6.92. The van der Waals surface area contributed by atoms with Crippen LogP contribution >= 0.6 is 11.8 Å². The van der Waals surface area contributed by atoms with Gasteiger partial charge in [0, 0.05) is 6.54 Å². The van der Waals surface area contributed by atoms with E-state index in [0.717, 1.165) is 17.7 Å². The van der Waals surface area contributed by atoms with E-state index in [1.807, 2.05) is 32.9 Å². The highest BCUT2D eigenvalue weighted by molar-refractivity contribution is 7.99. The van der Waals surface area contributed by atoms with Gasteiger partial charge in [-0.25, -0.2) is 4.68 Å². The molecule has 7 nitrogen and oxygen atoms in total. The van der Waals surface area contributed by atoms with Crippen molar-refractivity contribution in [3.8, 4) is 5.75 Å². The SMILES string of the molecule is CCCNC(=O)CSc1nnc(COc2ccc(C)cc2C)n1N. The molecule has 0 unspecified atom stereocenters. The number of nitrogens with one attached hydrogen (secondary N) is 1. The molecule has 0 radical (unpaired) electrons. The molecule has 0 atom stereocenters. The van der Waals surface area contributed by atoms with Crippen molar-refractivity contribution < 1.29 is 9.53 Å². The van der Waals surface area contributed by atoms with Crippen LogP contribution in [0.1, 0.15) is 30.3 Å². The Morgan fingerprint density at radius 1 is 1.38 bits per heavy atom. The maximum Gasteiger partial charge on any atom is 0.230 e. The number of nitrogens with two attached hydrogens (primary N) is 1. The summed E-state index contributed by atoms with van der Waals surface area (Å²) in [6.07, 6.45) is 0.906. The van der Waals surface area contributed by atoms with Crippen LogP contribution in [-0.4, -0.2) is 33.1 Å². The number of carbonyl (C=O) groups excluding carboxylic acids is 1. The highest BCUT2D eigenvalue weighted by Gasteiger charge is 2.13. The molecule has 1 aromatic heterocycles. The van der Waals surface area contributed by atoms with Crippen molar-refractivity contribution in [3.63, 3.8) is 0 Å². The Labute approximate surface area is 145 Å². The second-order valence-corrected chi connectivity index (χ2v) is 6.41. The highest BCUT2D eigenvalue weighted by atomic mass is 32.2. The Balaban J connectivity index is 1.91. The van der Waals surface area contributed by atoms with Crippen LogP contribution in [0.5, 0.6) is 5.75 Å². The number of benzene rings is 1. The fourth-order valence-electron chi connectivity index (χ4n) is 2.05. The Hall–Kier alpha value is -2.22. The maximum absolute atomic E-state index is 11.6. The summed E-state index contributed by atoms with van der Waals surface area (Å²) in [4.78, 5) is 11.6. The average molecular weight is 349 g/mol. The smallest absolute Gasteiger partial charge is 0.230 e. The van der Waals surface area contributed by atoms with Crippen molar-refractivity contribution in [2.45, 2.75) is 39.0 Å². The van der Waals surface area contributed by atoms with Crippen molar-refractivity contribution in [1.29, 1.82) is 0 Å². The van der Waals surface area contributed by atoms with Gasteiger partial charge in [-0.2, -0.15) is 0 Å². The number of carbonyl (C=O) groups is 1. The molecule has 1 aromatic carbocycles. The first kappa shape index (κ1) is 18.1. The third-order valence-electron chi connectivity index (χ3n) is 3.33. The molecule has 0 aliphatic heterocycles. The van der Waals surface area contributed by atoms with Gasteiger partial charge in [0.1, 0.15) is 12.4 Å². The summed E-state index contributed by atoms with van der Waals surface area (Å²) in [5.74, 6) is 7.48. The second-order valence-electron chi connectivity index (χ2n) is 5.47. The lowest BCUT2D eigenvalue weighted by atomic mass is 10.1. The van der Waals surface area contributed by atoms with Crippen LogP contribution in [0.2, 0.25) is 0 Å². The number of amides is 1. The van der Waals surface area contributed by atoms with Crippen LogP contribution in [0, 0.1) is 13.8 Å². The van der Waals surface area contributed by atoms with E-state index in [-0.39, 0.29) is 18.3 Å². The molecule has 0 bridgehead atoms. The molecule has 0 aliphatic carbocycles. The van der Waals surface area contributed by atoms with Crippen LogP contribution in [-0.2, 0) is 11.4 Å². The molecule has 0 fully saturated rings. The Morgan fingerprint density at radius 2 is 2.17 bits per heavy atom. The monoisotopic (exact) mass is 349 g/mol. The van der Waals surface area contributed by atoms with E-state index >= 15 is 0 Å². The van der Waals surface area contributed by atoms with Gasteiger partial charge in [0.2, 0.25) is 11.1 Å². The normalized spacial score (nSPS) is 10.6. The van der Waals surface area contributed by atoms with Gasteiger partial charge in [0.25, 0.3) is 0 Å². The summed E-state index contributed by atoms with van der Waals surface area (Å²) < 4.78 is 7.12. The topological polar surface area (TPSA) is 95.1 Å². The summed E-state index contributed by atoms with van der Waals surface area (Å²) in [6, 6.07) is 5.97. The summed E-state index contributed by atoms with van der Waals surface area (Å²) in [5.41, 5.74) is 2.24. The molecule has 0 aliphatic rings. The third-order valence-corrected chi connectivity index (χ3v) is 4.27. The molecule has 8 heteroatoms. The number of rotatable bonds is 8. The van der Waals surface area contributed by atoms with Gasteiger partial charge >= 0.3 is 0 Å². The van der Waals surface area contributed by atoms with Crippen LogP contribution in [0.15, 0.2) is 23.4 Å². The van der Waals surface area contributed by atoms with Crippen molar-refractivity contribution in [3.05, 3.63) is 35.2 Å². The summed E-state index contributed by atoms with van der Waals surface area (Å²) in [7, 11) is 0. The van der Waals surface area contributed by atoms with Crippen LogP contribution in [0.4, 0.5) is 0 Å². The first-order chi connectivity index (χ1) is 11.5. The fourth-order valence-corrected chi connectivity index (χ4v) is 2.76. The lowest BCUT2D eigenvalue weighted by Crippen LogP contribution is -2.26. The lowest BCUT2D eigenvalue weighted by molar-refractivity contribution is -0.118. The van der Waals surface area contributed by atoms with Gasteiger partial charge in [-0.1, -0.05) is 36.4 Å². The molecule has 0 saturated carbocycles. The van der Waals surface area contributed by atoms with Gasteiger partial charge in [0.15, 0.2) is 5.82 Å². The van der Waals surface area contributed by atoms with Crippen LogP contribution in [0.3, 0.4) is 0 Å². The van der Waals surface area contributed by atoms with Crippen molar-refractivity contribution in [1.82, 2.24) is 20.2 Å². The van der Waals surface area contributed by atoms with Crippen LogP contribution in [0.25, 0.3) is 0 Å². The van der Waals surface area contributed by atoms with Crippen LogP contribution < -0.4 is 15.9 Å². The number of nitrogen functional groups attached to an aromatic ring is 1. The molecule has 2 rings (SSSR count). The summed E-state index contributed by atoms with van der Waals surface area (Å²) in [5, 5.41) is 11.3. The number of ether oxygens (including phenoxy) is 1. The molecule has 0 spiro atoms. The Kier molecular flexibility index (Phi) is 6.48. The van der Waals surface area contributed by atoms with E-state index in [0.29, 0.717) is 17.5 Å². The predicted octanol–water partition coefficient (Wildman–Crippen LogP) is 1.81. The van der Waals surface area contributed by atoms with Crippen molar-refractivity contribution in [2.75, 3.05) is 18.1 Å². The van der Waals surface area contributed by atoms with Gasteiger partial charge in [-0.15, -0.1) is 10.2 Å². The number of nitrogens with zero attached hydrogens (tertiary/aromatic N) is 3. The van der Waals surface area contributed by atoms with Gasteiger partial charge < -0.3 is 15.9 Å². The Morgan fingerprint density at radius 3 is 2.88 bits per heavy atom. The average Bonchev–Trinajstić information content (AvgIpc) is 2.90. The van der Waals surface area contributed by atoms with Gasteiger partial charge in [0.05, 0.1) is 5.75 Å². The second kappa shape index (κ2) is 8.58. The first-order valence-corrected chi connectivity index (χ1v) is 8.78. The zero-order valence-corrected chi connectivity index (χ0v) is 15.0. The van der Waals surface area contributed by atoms with E-state index < -0.39 is 0 Å². The first-order valence-electron chi connectivity index (χ1n) is 7.80. The zero-order chi connectivity index (χ0) is 17.5. The highest BCUT2D eigenvalue weighted by Crippen LogP contribution is 2.20. The van der Waals surface area contributed by atoms with E-state index in [4.69, 9.17) is 10.6 Å². The molecular weight excluding hydrogens is 326 g/mol. The Bertz CT molecular complexity index is 702. The number of aryl methyl sites for hydroxylation is 2. The van der Waals surface area contributed by atoms with Crippen molar-refractivity contribution in [2.24, 2.45) is 0 Å². The third kappa shape index (κ3) is 4.89. The number of aromatic nitrogens is 3. The van der Waals surface area contributed by atoms with E-state index in [9.17, 15) is 4.79 Å². The number of hydrogen-bond donors (Lipinski definition) is 2. The molecule has 3 N–H and O–H groups in total. The van der Waals surface area contributed by atoms with Crippen molar-refractivity contribution >= 4 is 17.7 Å². The van der Waals surface area contributed by atoms with E-state index in [2.05, 4.69) is 21.6 Å².